The van der Waals surface area contributed by atoms with E-state index in [4.69, 9.17) is 0 Å². The van der Waals surface area contributed by atoms with Gasteiger partial charge >= 0.3 is 0 Å². The summed E-state index contributed by atoms with van der Waals surface area (Å²) in [6.07, 6.45) is 1.22. The van der Waals surface area contributed by atoms with Gasteiger partial charge in [0.2, 0.25) is 0 Å². The number of sulfone groups is 1. The van der Waals surface area contributed by atoms with Gasteiger partial charge in [0.05, 0.1) is 5.75 Å². The fourth-order valence-corrected chi connectivity index (χ4v) is 2.48. The predicted molar refractivity (Wildman–Crippen MR) is 71.9 cm³/mol. The molecule has 102 valence electrons. The minimum Gasteiger partial charge on any atom is -0.316 e. The third kappa shape index (κ3) is 5.60. The molecule has 1 N–H and O–H groups in total. The van der Waals surface area contributed by atoms with Crippen molar-refractivity contribution in [2.24, 2.45) is 0 Å². The molecule has 0 spiro atoms. The maximum atomic E-state index is 13.3. The van der Waals surface area contributed by atoms with Crippen molar-refractivity contribution in [3.8, 4) is 0 Å². The van der Waals surface area contributed by atoms with Gasteiger partial charge in [0, 0.05) is 5.75 Å². The van der Waals surface area contributed by atoms with Crippen LogP contribution in [0.25, 0.3) is 0 Å². The van der Waals surface area contributed by atoms with Gasteiger partial charge in [0.1, 0.15) is 15.7 Å². The Morgan fingerprint density at radius 2 is 1.94 bits per heavy atom. The molecule has 0 aliphatic rings. The number of nitrogens with one attached hydrogen (secondary N) is 1. The van der Waals surface area contributed by atoms with E-state index in [2.05, 4.69) is 5.32 Å². The Bertz CT molecular complexity index is 460. The summed E-state index contributed by atoms with van der Waals surface area (Å²) in [5, 5.41) is 3.13. The zero-order valence-corrected chi connectivity index (χ0v) is 11.5. The maximum Gasteiger partial charge on any atom is 0.150 e. The predicted octanol–water partition coefficient (Wildman–Crippen LogP) is 1.78. The summed E-state index contributed by atoms with van der Waals surface area (Å²) in [5.74, 6) is 0.228. The summed E-state index contributed by atoms with van der Waals surface area (Å²) in [7, 11) is -2.87. The summed E-state index contributed by atoms with van der Waals surface area (Å²) in [6, 6.07) is 6.69. The number of benzene rings is 1. The van der Waals surface area contributed by atoms with Crippen molar-refractivity contribution in [3.63, 3.8) is 0 Å². The fraction of sp³-hybridized carbons (Fsp3) is 0.538. The van der Waals surface area contributed by atoms with Gasteiger partial charge < -0.3 is 5.32 Å². The molecule has 1 aromatic carbocycles. The normalized spacial score (nSPS) is 11.7. The highest BCUT2D eigenvalue weighted by Gasteiger charge is 2.06. The first-order valence-corrected chi connectivity index (χ1v) is 8.02. The van der Waals surface area contributed by atoms with Gasteiger partial charge in [-0.05, 0) is 37.6 Å². The molecule has 3 nitrogen and oxygen atoms in total. The van der Waals surface area contributed by atoms with Crippen molar-refractivity contribution in [1.29, 1.82) is 0 Å². The molecule has 0 aliphatic carbocycles. The van der Waals surface area contributed by atoms with Gasteiger partial charge in [-0.25, -0.2) is 12.8 Å². The lowest BCUT2D eigenvalue weighted by molar-refractivity contribution is 0.585. The minimum absolute atomic E-state index is 0.187. The van der Waals surface area contributed by atoms with Crippen molar-refractivity contribution in [2.45, 2.75) is 19.8 Å². The van der Waals surface area contributed by atoms with E-state index in [0.29, 0.717) is 31.5 Å². The maximum absolute atomic E-state index is 13.3. The van der Waals surface area contributed by atoms with Gasteiger partial charge in [0.25, 0.3) is 0 Å². The highest BCUT2D eigenvalue weighted by Crippen LogP contribution is 2.06. The zero-order valence-electron chi connectivity index (χ0n) is 10.7. The monoisotopic (exact) mass is 273 g/mol. The van der Waals surface area contributed by atoms with Crippen molar-refractivity contribution in [3.05, 3.63) is 35.6 Å². The van der Waals surface area contributed by atoms with Gasteiger partial charge in [-0.3, -0.25) is 0 Å². The lowest BCUT2D eigenvalue weighted by Crippen LogP contribution is -2.21. The van der Waals surface area contributed by atoms with E-state index in [1.165, 1.54) is 6.07 Å². The highest BCUT2D eigenvalue weighted by molar-refractivity contribution is 7.91. The second-order valence-electron chi connectivity index (χ2n) is 4.18. The van der Waals surface area contributed by atoms with E-state index >= 15 is 0 Å². The van der Waals surface area contributed by atoms with E-state index in [0.717, 1.165) is 0 Å². The van der Waals surface area contributed by atoms with E-state index in [1.807, 2.05) is 6.07 Å². The van der Waals surface area contributed by atoms with E-state index in [1.54, 1.807) is 19.1 Å². The second kappa shape index (κ2) is 7.48. The Kier molecular flexibility index (Phi) is 6.29. The van der Waals surface area contributed by atoms with Crippen molar-refractivity contribution < 1.29 is 12.8 Å². The molecule has 1 rings (SSSR count). The lowest BCUT2D eigenvalue weighted by Gasteiger charge is -2.05. The third-order valence-electron chi connectivity index (χ3n) is 2.78. The smallest absolute Gasteiger partial charge is 0.150 e. The van der Waals surface area contributed by atoms with Crippen LogP contribution in [0.3, 0.4) is 0 Å². The fourth-order valence-electron chi connectivity index (χ4n) is 1.61. The van der Waals surface area contributed by atoms with Crippen LogP contribution in [-0.4, -0.2) is 33.0 Å². The van der Waals surface area contributed by atoms with Crippen LogP contribution in [0, 0.1) is 5.82 Å². The highest BCUT2D eigenvalue weighted by atomic mass is 32.2. The van der Waals surface area contributed by atoms with Crippen molar-refractivity contribution in [2.75, 3.05) is 24.6 Å². The molecule has 0 saturated carbocycles. The number of rotatable bonds is 8. The molecule has 18 heavy (non-hydrogen) atoms. The van der Waals surface area contributed by atoms with E-state index in [-0.39, 0.29) is 17.3 Å². The number of halogens is 1. The lowest BCUT2D eigenvalue weighted by atomic mass is 10.1. The quantitative estimate of drug-likeness (QED) is 0.734. The average Bonchev–Trinajstić information content (AvgIpc) is 2.35. The summed E-state index contributed by atoms with van der Waals surface area (Å²) in [6.45, 7) is 2.96. The van der Waals surface area contributed by atoms with Gasteiger partial charge in [-0.15, -0.1) is 0 Å². The number of hydrogen-bond donors (Lipinski definition) is 1. The zero-order chi connectivity index (χ0) is 13.4. The van der Waals surface area contributed by atoms with Crippen LogP contribution in [-0.2, 0) is 16.3 Å². The molecule has 0 unspecified atom stereocenters. The third-order valence-corrected chi connectivity index (χ3v) is 4.57. The average molecular weight is 273 g/mol. The van der Waals surface area contributed by atoms with Crippen LogP contribution >= 0.6 is 0 Å². The molecular formula is C13H20FNO2S. The van der Waals surface area contributed by atoms with Crippen LogP contribution < -0.4 is 5.32 Å². The Labute approximate surface area is 108 Å². The Balaban J connectivity index is 2.15. The molecule has 0 aromatic heterocycles. The van der Waals surface area contributed by atoms with Gasteiger partial charge in [-0.1, -0.05) is 25.1 Å². The minimum atomic E-state index is -2.87. The van der Waals surface area contributed by atoms with Gasteiger partial charge in [-0.2, -0.15) is 0 Å². The first-order chi connectivity index (χ1) is 8.55. The molecule has 0 fully saturated rings. The van der Waals surface area contributed by atoms with E-state index < -0.39 is 9.84 Å². The summed E-state index contributed by atoms with van der Waals surface area (Å²) in [4.78, 5) is 0. The van der Waals surface area contributed by atoms with Crippen molar-refractivity contribution >= 4 is 9.84 Å². The topological polar surface area (TPSA) is 46.2 Å². The SMILES string of the molecule is CCS(=O)(=O)CCCNCCc1ccccc1F. The first-order valence-electron chi connectivity index (χ1n) is 6.19. The summed E-state index contributed by atoms with van der Waals surface area (Å²) < 4.78 is 35.7. The molecule has 0 saturated heterocycles. The van der Waals surface area contributed by atoms with Crippen LogP contribution in [0.5, 0.6) is 0 Å². The van der Waals surface area contributed by atoms with Crippen LogP contribution in [0.4, 0.5) is 4.39 Å². The molecule has 0 radical (unpaired) electrons. The van der Waals surface area contributed by atoms with E-state index in [9.17, 15) is 12.8 Å². The number of hydrogen-bond acceptors (Lipinski definition) is 3. The second-order valence-corrected chi connectivity index (χ2v) is 6.65. The Morgan fingerprint density at radius 3 is 2.61 bits per heavy atom. The molecule has 0 bridgehead atoms. The van der Waals surface area contributed by atoms with Crippen molar-refractivity contribution in [1.82, 2.24) is 5.32 Å². The summed E-state index contributed by atoms with van der Waals surface area (Å²) >= 11 is 0. The molecule has 0 atom stereocenters. The molecule has 5 heteroatoms. The Hall–Kier alpha value is -0.940. The summed E-state index contributed by atoms with van der Waals surface area (Å²) in [5.41, 5.74) is 0.686. The molecule has 1 aromatic rings. The largest absolute Gasteiger partial charge is 0.316 e. The standard InChI is InChI=1S/C13H20FNO2S/c1-2-18(16,17)11-5-9-15-10-8-12-6-3-4-7-13(12)14/h3-4,6-7,15H,2,5,8-11H2,1H3. The van der Waals surface area contributed by atoms with Crippen LogP contribution in [0.2, 0.25) is 0 Å². The molecule has 0 heterocycles. The van der Waals surface area contributed by atoms with Gasteiger partial charge in [0.15, 0.2) is 0 Å². The first kappa shape index (κ1) is 15.1. The van der Waals surface area contributed by atoms with Crippen LogP contribution in [0.1, 0.15) is 18.9 Å². The molecule has 0 amide bonds. The Morgan fingerprint density at radius 1 is 1.22 bits per heavy atom. The molecular weight excluding hydrogens is 253 g/mol. The van der Waals surface area contributed by atoms with Crippen LogP contribution in [0.15, 0.2) is 24.3 Å². The molecule has 0 aliphatic heterocycles.